The van der Waals surface area contributed by atoms with Gasteiger partial charge in [-0.15, -0.1) is 0 Å². The molecule has 1 saturated carbocycles. The molecule has 37 heavy (non-hydrogen) atoms. The van der Waals surface area contributed by atoms with Crippen LogP contribution in [0.1, 0.15) is 19.0 Å². The van der Waals surface area contributed by atoms with Gasteiger partial charge in [-0.1, -0.05) is 6.92 Å². The van der Waals surface area contributed by atoms with Gasteiger partial charge in [0.25, 0.3) is 6.43 Å². The highest BCUT2D eigenvalue weighted by Crippen LogP contribution is 2.53. The van der Waals surface area contributed by atoms with E-state index in [4.69, 9.17) is 19.9 Å². The first-order valence-electron chi connectivity index (χ1n) is 12.1. The Labute approximate surface area is 211 Å². The number of morpholine rings is 1. The average molecular weight is 509 g/mol. The Morgan fingerprint density at radius 1 is 1.24 bits per heavy atom. The summed E-state index contributed by atoms with van der Waals surface area (Å²) in [5.41, 5.74) is 8.18. The standard InChI is InChI=1S/C26H26F2N6O3/c1-13-9-26(13,25(29)35)21-8-15-16(10-31-21)23(30-2)32-11-17(15)24-33-18-7-14(3-4-19(18)37-24)34-5-6-36-20(12-34)22(27)28/h3-4,7-8,10-11,13,20,22H,5-6,9,12H2,1-2H3,(H2,29,35)(H,30,32)/t13?,20?,26-/m0/s1. The fourth-order valence-corrected chi connectivity index (χ4v) is 5.29. The van der Waals surface area contributed by atoms with E-state index in [0.29, 0.717) is 47.0 Å². The second kappa shape index (κ2) is 8.62. The molecular formula is C26H26F2N6O3. The molecule has 11 heteroatoms. The van der Waals surface area contributed by atoms with Crippen molar-refractivity contribution in [1.82, 2.24) is 15.0 Å². The maximum atomic E-state index is 13.2. The SMILES string of the molecule is CNc1ncc(-c2nc3cc(N4CCOC(C(F)F)C4)ccc3o2)c2cc([C@]3(C(N)=O)CC3C)ncc12. The number of primary amides is 1. The lowest BCUT2D eigenvalue weighted by Crippen LogP contribution is -2.45. The third-order valence-electron chi connectivity index (χ3n) is 7.56. The number of ether oxygens (including phenoxy) is 1. The molecule has 6 rings (SSSR count). The first-order valence-corrected chi connectivity index (χ1v) is 12.1. The minimum absolute atomic E-state index is 0.101. The molecule has 4 heterocycles. The molecule has 0 radical (unpaired) electrons. The van der Waals surface area contributed by atoms with Crippen molar-refractivity contribution in [3.63, 3.8) is 0 Å². The molecule has 1 amide bonds. The van der Waals surface area contributed by atoms with Gasteiger partial charge in [0.05, 0.1) is 23.3 Å². The number of rotatable bonds is 6. The number of halogens is 2. The van der Waals surface area contributed by atoms with Crippen LogP contribution in [0, 0.1) is 5.92 Å². The topological polar surface area (TPSA) is 119 Å². The summed E-state index contributed by atoms with van der Waals surface area (Å²) in [7, 11) is 1.77. The maximum absolute atomic E-state index is 13.2. The number of pyridine rings is 2. The molecule has 4 aromatic rings. The van der Waals surface area contributed by atoms with Crippen molar-refractivity contribution in [1.29, 1.82) is 0 Å². The molecule has 0 spiro atoms. The maximum Gasteiger partial charge on any atom is 0.266 e. The summed E-state index contributed by atoms with van der Waals surface area (Å²) in [4.78, 5) is 28.0. The monoisotopic (exact) mass is 508 g/mol. The third kappa shape index (κ3) is 3.76. The number of nitrogens with two attached hydrogens (primary N) is 1. The van der Waals surface area contributed by atoms with Crippen molar-refractivity contribution in [3.05, 3.63) is 42.4 Å². The average Bonchev–Trinajstić information content (AvgIpc) is 3.42. The molecule has 1 aromatic carbocycles. The Morgan fingerprint density at radius 3 is 2.76 bits per heavy atom. The second-order valence-electron chi connectivity index (χ2n) is 9.69. The lowest BCUT2D eigenvalue weighted by molar-refractivity contribution is -0.120. The van der Waals surface area contributed by atoms with Crippen LogP contribution in [0.15, 0.2) is 41.1 Å². The first kappa shape index (κ1) is 23.5. The van der Waals surface area contributed by atoms with Crippen LogP contribution in [-0.2, 0) is 14.9 Å². The van der Waals surface area contributed by atoms with Crippen molar-refractivity contribution in [2.45, 2.75) is 31.3 Å². The van der Waals surface area contributed by atoms with Gasteiger partial charge in [-0.2, -0.15) is 0 Å². The number of carbonyl (C=O) groups excluding carboxylic acids is 1. The number of nitrogens with zero attached hydrogens (tertiary/aromatic N) is 4. The number of nitrogens with one attached hydrogen (secondary N) is 1. The molecule has 0 bridgehead atoms. The van der Waals surface area contributed by atoms with Gasteiger partial charge in [-0.25, -0.2) is 18.7 Å². The van der Waals surface area contributed by atoms with Crippen molar-refractivity contribution in [2.75, 3.05) is 37.0 Å². The van der Waals surface area contributed by atoms with Gasteiger partial charge in [-0.3, -0.25) is 9.78 Å². The number of carbonyl (C=O) groups is 1. The first-order chi connectivity index (χ1) is 17.8. The van der Waals surface area contributed by atoms with Crippen molar-refractivity contribution in [3.8, 4) is 11.5 Å². The number of hydrogen-bond donors (Lipinski definition) is 2. The van der Waals surface area contributed by atoms with E-state index >= 15 is 0 Å². The Bertz CT molecular complexity index is 1530. The summed E-state index contributed by atoms with van der Waals surface area (Å²) in [6.45, 7) is 2.83. The minimum Gasteiger partial charge on any atom is -0.436 e. The van der Waals surface area contributed by atoms with Crippen LogP contribution < -0.4 is 16.0 Å². The molecular weight excluding hydrogens is 482 g/mol. The Balaban J connectivity index is 1.42. The number of amides is 1. The van der Waals surface area contributed by atoms with E-state index in [9.17, 15) is 13.6 Å². The van der Waals surface area contributed by atoms with Crippen molar-refractivity contribution >= 4 is 39.3 Å². The molecule has 1 aliphatic heterocycles. The van der Waals surface area contributed by atoms with Crippen LogP contribution in [0.3, 0.4) is 0 Å². The van der Waals surface area contributed by atoms with E-state index in [1.165, 1.54) is 0 Å². The highest BCUT2D eigenvalue weighted by molar-refractivity contribution is 6.02. The van der Waals surface area contributed by atoms with Gasteiger partial charge < -0.3 is 25.1 Å². The third-order valence-corrected chi connectivity index (χ3v) is 7.56. The summed E-state index contributed by atoms with van der Waals surface area (Å²) < 4.78 is 37.7. The van der Waals surface area contributed by atoms with Crippen molar-refractivity contribution in [2.24, 2.45) is 11.7 Å². The van der Waals surface area contributed by atoms with Gasteiger partial charge in [0.2, 0.25) is 11.8 Å². The molecule has 9 nitrogen and oxygen atoms in total. The molecule has 2 fully saturated rings. The predicted molar refractivity (Wildman–Crippen MR) is 135 cm³/mol. The van der Waals surface area contributed by atoms with Gasteiger partial charge in [0, 0.05) is 49.0 Å². The Hall–Kier alpha value is -3.86. The molecule has 192 valence electrons. The number of oxazole rings is 1. The smallest absolute Gasteiger partial charge is 0.266 e. The fourth-order valence-electron chi connectivity index (χ4n) is 5.29. The summed E-state index contributed by atoms with van der Waals surface area (Å²) in [5.74, 6) is 0.711. The zero-order valence-corrected chi connectivity index (χ0v) is 20.4. The summed E-state index contributed by atoms with van der Waals surface area (Å²) >= 11 is 0. The number of fused-ring (bicyclic) bond motifs is 2. The van der Waals surface area contributed by atoms with E-state index in [0.717, 1.165) is 16.5 Å². The molecule has 1 saturated heterocycles. The molecule has 3 N–H and O–H groups in total. The molecule has 2 unspecified atom stereocenters. The molecule has 2 aliphatic rings. The minimum atomic E-state index is -2.54. The Kier molecular flexibility index (Phi) is 5.48. The predicted octanol–water partition coefficient (Wildman–Crippen LogP) is 3.71. The second-order valence-corrected chi connectivity index (χ2v) is 9.69. The summed E-state index contributed by atoms with van der Waals surface area (Å²) in [6.07, 6.45) is 0.354. The van der Waals surface area contributed by atoms with Crippen LogP contribution in [0.25, 0.3) is 33.3 Å². The molecule has 3 atom stereocenters. The quantitative estimate of drug-likeness (QED) is 0.405. The largest absolute Gasteiger partial charge is 0.436 e. The van der Waals surface area contributed by atoms with Gasteiger partial charge in [0.1, 0.15) is 17.4 Å². The number of aromatic nitrogens is 3. The van der Waals surface area contributed by atoms with Crippen LogP contribution in [-0.4, -0.2) is 60.1 Å². The summed E-state index contributed by atoms with van der Waals surface area (Å²) in [5, 5.41) is 4.61. The Morgan fingerprint density at radius 2 is 2.05 bits per heavy atom. The van der Waals surface area contributed by atoms with Crippen LogP contribution in [0.2, 0.25) is 0 Å². The van der Waals surface area contributed by atoms with E-state index in [2.05, 4.69) is 15.3 Å². The molecule has 1 aliphatic carbocycles. The lowest BCUT2D eigenvalue weighted by Gasteiger charge is -2.34. The highest BCUT2D eigenvalue weighted by Gasteiger charge is 2.58. The zero-order valence-electron chi connectivity index (χ0n) is 20.4. The van der Waals surface area contributed by atoms with Crippen LogP contribution >= 0.6 is 0 Å². The van der Waals surface area contributed by atoms with E-state index < -0.39 is 17.9 Å². The number of alkyl halides is 2. The zero-order chi connectivity index (χ0) is 25.9. The van der Waals surface area contributed by atoms with Gasteiger partial charge in [0.15, 0.2) is 5.58 Å². The van der Waals surface area contributed by atoms with E-state index in [-0.39, 0.29) is 25.0 Å². The summed E-state index contributed by atoms with van der Waals surface area (Å²) in [6, 6.07) is 7.32. The lowest BCUT2D eigenvalue weighted by atomic mass is 9.95. The fraction of sp³-hybridized carbons (Fsp3) is 0.385. The highest BCUT2D eigenvalue weighted by atomic mass is 19.3. The number of benzene rings is 1. The molecule has 3 aromatic heterocycles. The van der Waals surface area contributed by atoms with E-state index in [1.807, 2.05) is 30.0 Å². The number of hydrogen-bond acceptors (Lipinski definition) is 8. The van der Waals surface area contributed by atoms with Gasteiger partial charge in [-0.05, 0) is 36.6 Å². The normalized spacial score (nSPS) is 23.6. The van der Waals surface area contributed by atoms with E-state index in [1.54, 1.807) is 25.5 Å². The van der Waals surface area contributed by atoms with Crippen molar-refractivity contribution < 1.29 is 22.7 Å². The van der Waals surface area contributed by atoms with Crippen LogP contribution in [0.4, 0.5) is 20.3 Å². The van der Waals surface area contributed by atoms with Crippen LogP contribution in [0.5, 0.6) is 0 Å². The number of anilines is 2. The van der Waals surface area contributed by atoms with Gasteiger partial charge >= 0.3 is 0 Å².